The number of anilines is 1. The lowest BCUT2D eigenvalue weighted by Gasteiger charge is -2.14. The Labute approximate surface area is 155 Å². The molecule has 1 aromatic carbocycles. The number of fused-ring (bicyclic) bond motifs is 1. The number of para-hydroxylation sites is 1. The highest BCUT2D eigenvalue weighted by Crippen LogP contribution is 2.27. The van der Waals surface area contributed by atoms with Crippen LogP contribution < -0.4 is 10.9 Å². The largest absolute Gasteiger partial charge is 0.322 e. The number of pyridine rings is 1. The number of carbonyl (C=O) groups excluding carboxylic acids is 1. The van der Waals surface area contributed by atoms with E-state index in [0.29, 0.717) is 28.8 Å². The maximum atomic E-state index is 12.9. The fourth-order valence-electron chi connectivity index (χ4n) is 3.43. The lowest BCUT2D eigenvalue weighted by Crippen LogP contribution is -2.21. The van der Waals surface area contributed by atoms with Gasteiger partial charge in [-0.15, -0.1) is 0 Å². The van der Waals surface area contributed by atoms with Gasteiger partial charge in [0.05, 0.1) is 28.8 Å². The second-order valence-corrected chi connectivity index (χ2v) is 8.95. The van der Waals surface area contributed by atoms with Crippen molar-refractivity contribution < 1.29 is 13.2 Å². The van der Waals surface area contributed by atoms with Crippen molar-refractivity contribution in [2.45, 2.75) is 19.4 Å². The predicted octanol–water partition coefficient (Wildman–Crippen LogP) is 1.64. The van der Waals surface area contributed by atoms with Crippen molar-refractivity contribution in [3.05, 3.63) is 58.0 Å². The fraction of sp³-hybridized carbons (Fsp3) is 0.278. The first-order chi connectivity index (χ1) is 12.8. The molecule has 140 valence electrons. The molecule has 2 aromatic heterocycles. The van der Waals surface area contributed by atoms with Crippen LogP contribution in [0.1, 0.15) is 28.5 Å². The number of benzene rings is 1. The van der Waals surface area contributed by atoms with E-state index in [-0.39, 0.29) is 28.7 Å². The SMILES string of the molecule is Cc1cc(NC(=O)c2cc(=O)[nH]c3ccccc23)n([C@@H]2CCS(=O)(=O)C2)n1. The van der Waals surface area contributed by atoms with Crippen molar-refractivity contribution in [3.8, 4) is 0 Å². The molecule has 0 aliphatic carbocycles. The quantitative estimate of drug-likeness (QED) is 0.710. The number of carbonyl (C=O) groups is 1. The van der Waals surface area contributed by atoms with Crippen LogP contribution in [0, 0.1) is 6.92 Å². The minimum absolute atomic E-state index is 0.00489. The van der Waals surface area contributed by atoms with Gasteiger partial charge in [-0.05, 0) is 19.4 Å². The average Bonchev–Trinajstić information content (AvgIpc) is 3.15. The van der Waals surface area contributed by atoms with E-state index in [1.54, 1.807) is 41.9 Å². The van der Waals surface area contributed by atoms with Crippen molar-refractivity contribution in [1.29, 1.82) is 0 Å². The van der Waals surface area contributed by atoms with Gasteiger partial charge in [-0.3, -0.25) is 9.59 Å². The molecule has 3 heterocycles. The van der Waals surface area contributed by atoms with Gasteiger partial charge in [0.2, 0.25) is 5.56 Å². The van der Waals surface area contributed by atoms with Crippen LogP contribution in [0.15, 0.2) is 41.2 Å². The number of nitrogens with zero attached hydrogens (tertiary/aromatic N) is 2. The molecule has 4 rings (SSSR count). The van der Waals surface area contributed by atoms with Gasteiger partial charge in [-0.2, -0.15) is 5.10 Å². The van der Waals surface area contributed by atoms with Crippen LogP contribution in [0.25, 0.3) is 10.9 Å². The Morgan fingerprint density at radius 2 is 2.07 bits per heavy atom. The number of aryl methyl sites for hydroxylation is 1. The number of hydrogen-bond donors (Lipinski definition) is 2. The van der Waals surface area contributed by atoms with Gasteiger partial charge in [-0.25, -0.2) is 13.1 Å². The number of amides is 1. The fourth-order valence-corrected chi connectivity index (χ4v) is 5.12. The lowest BCUT2D eigenvalue weighted by atomic mass is 10.1. The molecule has 8 nitrogen and oxygen atoms in total. The molecule has 1 aliphatic rings. The normalized spacial score (nSPS) is 18.6. The van der Waals surface area contributed by atoms with Crippen LogP contribution in [0.2, 0.25) is 0 Å². The van der Waals surface area contributed by atoms with Crippen LogP contribution in [0.3, 0.4) is 0 Å². The minimum Gasteiger partial charge on any atom is -0.322 e. The molecular weight excluding hydrogens is 368 g/mol. The zero-order chi connectivity index (χ0) is 19.2. The Balaban J connectivity index is 1.70. The molecule has 1 atom stereocenters. The van der Waals surface area contributed by atoms with Gasteiger partial charge in [-0.1, -0.05) is 18.2 Å². The Morgan fingerprint density at radius 1 is 1.30 bits per heavy atom. The van der Waals surface area contributed by atoms with E-state index in [9.17, 15) is 18.0 Å². The topological polar surface area (TPSA) is 114 Å². The number of aromatic nitrogens is 3. The summed E-state index contributed by atoms with van der Waals surface area (Å²) in [5.41, 5.74) is 1.12. The third-order valence-corrected chi connectivity index (χ3v) is 6.40. The number of H-pyrrole nitrogens is 1. The monoisotopic (exact) mass is 386 g/mol. The molecule has 3 aromatic rings. The zero-order valence-electron chi connectivity index (χ0n) is 14.6. The van der Waals surface area contributed by atoms with Crippen LogP contribution >= 0.6 is 0 Å². The number of rotatable bonds is 3. The maximum Gasteiger partial charge on any atom is 0.257 e. The van der Waals surface area contributed by atoms with Crippen molar-refractivity contribution in [1.82, 2.24) is 14.8 Å². The van der Waals surface area contributed by atoms with E-state index in [1.807, 2.05) is 0 Å². The molecule has 0 radical (unpaired) electrons. The molecule has 2 N–H and O–H groups in total. The summed E-state index contributed by atoms with van der Waals surface area (Å²) in [7, 11) is -3.09. The molecule has 27 heavy (non-hydrogen) atoms. The number of sulfone groups is 1. The van der Waals surface area contributed by atoms with E-state index >= 15 is 0 Å². The van der Waals surface area contributed by atoms with Crippen molar-refractivity contribution in [2.75, 3.05) is 16.8 Å². The van der Waals surface area contributed by atoms with Gasteiger partial charge in [0.15, 0.2) is 9.84 Å². The first kappa shape index (κ1) is 17.5. The number of nitrogens with one attached hydrogen (secondary N) is 2. The van der Waals surface area contributed by atoms with E-state index in [1.165, 1.54) is 6.07 Å². The van der Waals surface area contributed by atoms with E-state index in [0.717, 1.165) is 0 Å². The Kier molecular flexibility index (Phi) is 4.11. The van der Waals surface area contributed by atoms with Gasteiger partial charge in [0.1, 0.15) is 5.82 Å². The highest BCUT2D eigenvalue weighted by Gasteiger charge is 2.31. The lowest BCUT2D eigenvalue weighted by molar-refractivity contribution is 0.102. The van der Waals surface area contributed by atoms with Crippen molar-refractivity contribution in [2.24, 2.45) is 0 Å². The van der Waals surface area contributed by atoms with Gasteiger partial charge < -0.3 is 10.3 Å². The summed E-state index contributed by atoms with van der Waals surface area (Å²) in [4.78, 5) is 27.5. The molecule has 0 saturated carbocycles. The second-order valence-electron chi connectivity index (χ2n) is 6.72. The molecular formula is C18H18N4O4S. The van der Waals surface area contributed by atoms with Crippen LogP contribution in [-0.4, -0.2) is 40.6 Å². The molecule has 1 saturated heterocycles. The summed E-state index contributed by atoms with van der Waals surface area (Å²) in [6.07, 6.45) is 0.459. The van der Waals surface area contributed by atoms with Gasteiger partial charge in [0, 0.05) is 23.0 Å². The summed E-state index contributed by atoms with van der Waals surface area (Å²) in [6.45, 7) is 1.78. The summed E-state index contributed by atoms with van der Waals surface area (Å²) in [5, 5.41) is 7.77. The van der Waals surface area contributed by atoms with E-state index in [4.69, 9.17) is 0 Å². The predicted molar refractivity (Wildman–Crippen MR) is 102 cm³/mol. The van der Waals surface area contributed by atoms with E-state index in [2.05, 4.69) is 15.4 Å². The molecule has 0 bridgehead atoms. The van der Waals surface area contributed by atoms with Crippen molar-refractivity contribution >= 4 is 32.5 Å². The Morgan fingerprint density at radius 3 is 2.81 bits per heavy atom. The highest BCUT2D eigenvalue weighted by atomic mass is 32.2. The molecule has 0 unspecified atom stereocenters. The number of hydrogen-bond acceptors (Lipinski definition) is 5. The second kappa shape index (κ2) is 6.34. The molecule has 1 fully saturated rings. The minimum atomic E-state index is -3.09. The summed E-state index contributed by atoms with van der Waals surface area (Å²) >= 11 is 0. The van der Waals surface area contributed by atoms with Gasteiger partial charge in [0.25, 0.3) is 5.91 Å². The summed E-state index contributed by atoms with van der Waals surface area (Å²) < 4.78 is 25.1. The third kappa shape index (κ3) is 3.37. The highest BCUT2D eigenvalue weighted by molar-refractivity contribution is 7.91. The summed E-state index contributed by atoms with van der Waals surface area (Å²) in [6, 6.07) is 9.68. The Hall–Kier alpha value is -2.94. The first-order valence-corrected chi connectivity index (χ1v) is 10.3. The standard InChI is InChI=1S/C18H18N4O4S/c1-11-8-16(22(21-11)12-6-7-27(25,26)10-12)20-18(24)14-9-17(23)19-15-5-3-2-4-13(14)15/h2-5,8-9,12H,6-7,10H2,1H3,(H,19,23)(H,20,24)/t12-/m1/s1. The smallest absolute Gasteiger partial charge is 0.257 e. The average molecular weight is 386 g/mol. The summed E-state index contributed by atoms with van der Waals surface area (Å²) in [5.74, 6) is 0.0939. The number of aromatic amines is 1. The molecule has 1 aliphatic heterocycles. The zero-order valence-corrected chi connectivity index (χ0v) is 15.4. The molecule has 0 spiro atoms. The molecule has 1 amide bonds. The van der Waals surface area contributed by atoms with Crippen LogP contribution in [-0.2, 0) is 9.84 Å². The maximum absolute atomic E-state index is 12.9. The first-order valence-electron chi connectivity index (χ1n) is 8.52. The molecule has 9 heteroatoms. The Bertz CT molecular complexity index is 1210. The van der Waals surface area contributed by atoms with Crippen LogP contribution in [0.4, 0.5) is 5.82 Å². The van der Waals surface area contributed by atoms with E-state index < -0.39 is 15.7 Å². The van der Waals surface area contributed by atoms with Crippen molar-refractivity contribution in [3.63, 3.8) is 0 Å². The van der Waals surface area contributed by atoms with Crippen LogP contribution in [0.5, 0.6) is 0 Å². The third-order valence-electron chi connectivity index (χ3n) is 4.65. The van der Waals surface area contributed by atoms with Gasteiger partial charge >= 0.3 is 0 Å².